The van der Waals surface area contributed by atoms with E-state index in [1.807, 2.05) is 6.92 Å². The van der Waals surface area contributed by atoms with Crippen molar-refractivity contribution >= 4 is 5.91 Å². The third-order valence-electron chi connectivity index (χ3n) is 5.62. The predicted molar refractivity (Wildman–Crippen MR) is 84.9 cm³/mol. The van der Waals surface area contributed by atoms with Gasteiger partial charge in [0.05, 0.1) is 18.3 Å². The maximum absolute atomic E-state index is 14.2. The Morgan fingerprint density at radius 3 is 2.91 bits per heavy atom. The van der Waals surface area contributed by atoms with Crippen LogP contribution in [0, 0.1) is 17.7 Å². The van der Waals surface area contributed by atoms with Gasteiger partial charge >= 0.3 is 0 Å². The third-order valence-corrected chi connectivity index (χ3v) is 5.62. The molecule has 23 heavy (non-hydrogen) atoms. The van der Waals surface area contributed by atoms with Gasteiger partial charge in [0.1, 0.15) is 11.6 Å². The molecule has 1 saturated carbocycles. The number of benzene rings is 1. The van der Waals surface area contributed by atoms with Crippen molar-refractivity contribution in [2.75, 3.05) is 20.2 Å². The van der Waals surface area contributed by atoms with E-state index >= 15 is 0 Å². The minimum atomic E-state index is -0.684. The number of carbonyl (C=O) groups excluding carboxylic acids is 1. The molecule has 3 atom stereocenters. The van der Waals surface area contributed by atoms with E-state index < -0.39 is 11.4 Å². The number of amides is 1. The number of aliphatic hydroxyl groups is 1. The van der Waals surface area contributed by atoms with Crippen LogP contribution in [0.5, 0.6) is 5.75 Å². The number of carbonyl (C=O) groups is 1. The Bertz CT molecular complexity index is 606. The number of nitrogens with zero attached hydrogens (tertiary/aromatic N) is 1. The predicted octanol–water partition coefficient (Wildman–Crippen LogP) is 2.85. The fourth-order valence-electron chi connectivity index (χ4n) is 4.20. The number of hydrogen-bond acceptors (Lipinski definition) is 3. The Balaban J connectivity index is 1.80. The summed E-state index contributed by atoms with van der Waals surface area (Å²) in [6.07, 6.45) is 3.52. The van der Waals surface area contributed by atoms with Crippen LogP contribution in [0.4, 0.5) is 4.39 Å². The average molecular weight is 321 g/mol. The van der Waals surface area contributed by atoms with Gasteiger partial charge in [-0.2, -0.15) is 0 Å². The van der Waals surface area contributed by atoms with E-state index in [1.165, 1.54) is 19.2 Å². The first-order chi connectivity index (χ1) is 11.0. The van der Waals surface area contributed by atoms with Gasteiger partial charge in [0.15, 0.2) is 0 Å². The van der Waals surface area contributed by atoms with Crippen LogP contribution in [0.3, 0.4) is 0 Å². The van der Waals surface area contributed by atoms with Crippen molar-refractivity contribution in [3.63, 3.8) is 0 Å². The van der Waals surface area contributed by atoms with Crippen molar-refractivity contribution in [2.45, 2.75) is 38.2 Å². The monoisotopic (exact) mass is 321 g/mol. The highest BCUT2D eigenvalue weighted by Crippen LogP contribution is 2.44. The Labute approximate surface area is 136 Å². The number of methoxy groups -OCH3 is 1. The van der Waals surface area contributed by atoms with E-state index in [1.54, 1.807) is 11.0 Å². The average Bonchev–Trinajstić information content (AvgIpc) is 3.00. The summed E-state index contributed by atoms with van der Waals surface area (Å²) < 4.78 is 19.1. The largest absolute Gasteiger partial charge is 0.497 e. The smallest absolute Gasteiger partial charge is 0.256 e. The quantitative estimate of drug-likeness (QED) is 0.931. The number of likely N-dealkylation sites (tertiary alicyclic amines) is 1. The van der Waals surface area contributed by atoms with Crippen molar-refractivity contribution in [1.82, 2.24) is 4.90 Å². The molecule has 0 spiro atoms. The number of fused-ring (bicyclic) bond motifs is 1. The lowest BCUT2D eigenvalue weighted by molar-refractivity contribution is -0.0609. The lowest BCUT2D eigenvalue weighted by atomic mass is 9.69. The molecule has 4 nitrogen and oxygen atoms in total. The highest BCUT2D eigenvalue weighted by molar-refractivity contribution is 5.94. The molecule has 1 aromatic carbocycles. The molecule has 1 N–H and O–H groups in total. The van der Waals surface area contributed by atoms with Crippen LogP contribution in [-0.4, -0.2) is 41.7 Å². The summed E-state index contributed by atoms with van der Waals surface area (Å²) in [4.78, 5) is 14.4. The summed E-state index contributed by atoms with van der Waals surface area (Å²) in [5, 5.41) is 10.8. The molecule has 1 saturated heterocycles. The minimum Gasteiger partial charge on any atom is -0.497 e. The number of rotatable bonds is 3. The van der Waals surface area contributed by atoms with Crippen LogP contribution >= 0.6 is 0 Å². The second kappa shape index (κ2) is 6.11. The van der Waals surface area contributed by atoms with Crippen molar-refractivity contribution < 1.29 is 19.0 Å². The molecule has 0 aromatic heterocycles. The molecular formula is C18H24FNO3. The molecular weight excluding hydrogens is 297 g/mol. The van der Waals surface area contributed by atoms with Crippen LogP contribution in [0.1, 0.15) is 43.0 Å². The summed E-state index contributed by atoms with van der Waals surface area (Å²) in [5.41, 5.74) is -0.611. The Morgan fingerprint density at radius 2 is 2.26 bits per heavy atom. The first-order valence-electron chi connectivity index (χ1n) is 8.33. The number of ether oxygens (including phenoxy) is 1. The molecule has 126 valence electrons. The second-order valence-corrected chi connectivity index (χ2v) is 6.77. The molecule has 1 aromatic rings. The second-order valence-electron chi connectivity index (χ2n) is 6.77. The molecule has 0 bridgehead atoms. The van der Waals surface area contributed by atoms with E-state index in [2.05, 4.69) is 0 Å². The maximum Gasteiger partial charge on any atom is 0.256 e. The van der Waals surface area contributed by atoms with Gasteiger partial charge in [-0.1, -0.05) is 13.3 Å². The Hall–Kier alpha value is -1.62. The van der Waals surface area contributed by atoms with E-state index in [9.17, 15) is 14.3 Å². The molecule has 0 unspecified atom stereocenters. The van der Waals surface area contributed by atoms with Gasteiger partial charge < -0.3 is 14.7 Å². The summed E-state index contributed by atoms with van der Waals surface area (Å²) in [6.45, 7) is 3.12. The van der Waals surface area contributed by atoms with E-state index in [-0.39, 0.29) is 17.4 Å². The van der Waals surface area contributed by atoms with Gasteiger partial charge in [-0.15, -0.1) is 0 Å². The normalized spacial score (nSPS) is 30.2. The van der Waals surface area contributed by atoms with Crippen molar-refractivity contribution in [1.29, 1.82) is 0 Å². The van der Waals surface area contributed by atoms with Gasteiger partial charge in [-0.05, 0) is 37.3 Å². The topological polar surface area (TPSA) is 49.8 Å². The summed E-state index contributed by atoms with van der Waals surface area (Å²) in [5.74, 6) is -0.0343. The fraction of sp³-hybridized carbons (Fsp3) is 0.611. The molecule has 1 heterocycles. The van der Waals surface area contributed by atoms with Crippen molar-refractivity contribution in [3.05, 3.63) is 29.6 Å². The standard InChI is InChI=1S/C18H24FNO3/c1-3-18(22)8-4-5-12-10-20(11-15(12)18)17(21)14-7-6-13(23-2)9-16(14)19/h6-7,9,12,15,22H,3-5,8,10-11H2,1-2H3/t12-,15+,18-/m1/s1. The van der Waals surface area contributed by atoms with Crippen LogP contribution in [0.25, 0.3) is 0 Å². The molecule has 2 fully saturated rings. The minimum absolute atomic E-state index is 0.0736. The molecule has 5 heteroatoms. The summed E-state index contributed by atoms with van der Waals surface area (Å²) in [7, 11) is 1.47. The van der Waals surface area contributed by atoms with Crippen LogP contribution in [0.15, 0.2) is 18.2 Å². The maximum atomic E-state index is 14.2. The van der Waals surface area contributed by atoms with Gasteiger partial charge in [-0.3, -0.25) is 4.79 Å². The highest BCUT2D eigenvalue weighted by atomic mass is 19.1. The van der Waals surface area contributed by atoms with Crippen LogP contribution in [0.2, 0.25) is 0 Å². The summed E-state index contributed by atoms with van der Waals surface area (Å²) >= 11 is 0. The SMILES string of the molecule is CC[C@@]1(O)CCC[C@@H]2CN(C(=O)c3ccc(OC)cc3F)C[C@@H]21. The Kier molecular flexibility index (Phi) is 4.32. The fourth-order valence-corrected chi connectivity index (χ4v) is 4.20. The Morgan fingerprint density at radius 1 is 1.48 bits per heavy atom. The van der Waals surface area contributed by atoms with E-state index in [0.29, 0.717) is 31.2 Å². The zero-order valence-electron chi connectivity index (χ0n) is 13.7. The first-order valence-corrected chi connectivity index (χ1v) is 8.33. The van der Waals surface area contributed by atoms with E-state index in [4.69, 9.17) is 4.74 Å². The zero-order valence-corrected chi connectivity index (χ0v) is 13.7. The number of hydrogen-bond donors (Lipinski definition) is 1. The van der Waals surface area contributed by atoms with Crippen molar-refractivity contribution in [2.24, 2.45) is 11.8 Å². The zero-order chi connectivity index (χ0) is 16.6. The van der Waals surface area contributed by atoms with Gasteiger partial charge in [0, 0.05) is 25.1 Å². The lowest BCUT2D eigenvalue weighted by Gasteiger charge is -2.40. The van der Waals surface area contributed by atoms with Crippen LogP contribution < -0.4 is 4.74 Å². The highest BCUT2D eigenvalue weighted by Gasteiger charge is 2.48. The van der Waals surface area contributed by atoms with Crippen molar-refractivity contribution in [3.8, 4) is 5.75 Å². The molecule has 1 aliphatic heterocycles. The van der Waals surface area contributed by atoms with Crippen LogP contribution in [-0.2, 0) is 0 Å². The molecule has 2 aliphatic rings. The molecule has 3 rings (SSSR count). The van der Waals surface area contributed by atoms with Gasteiger partial charge in [0.2, 0.25) is 0 Å². The molecule has 1 aliphatic carbocycles. The molecule has 1 amide bonds. The number of halogens is 1. The first kappa shape index (κ1) is 16.2. The summed E-state index contributed by atoms with van der Waals surface area (Å²) in [6, 6.07) is 4.31. The lowest BCUT2D eigenvalue weighted by Crippen LogP contribution is -2.44. The van der Waals surface area contributed by atoms with Gasteiger partial charge in [-0.25, -0.2) is 4.39 Å². The van der Waals surface area contributed by atoms with Gasteiger partial charge in [0.25, 0.3) is 5.91 Å². The van der Waals surface area contributed by atoms with E-state index in [0.717, 1.165) is 19.3 Å². The third kappa shape index (κ3) is 2.82. The molecule has 0 radical (unpaired) electrons.